The molecule has 3 aromatic rings. The topological polar surface area (TPSA) is 109 Å². The lowest BCUT2D eigenvalue weighted by atomic mass is 9.97. The number of hydrogen-bond acceptors (Lipinski definition) is 6. The highest BCUT2D eigenvalue weighted by molar-refractivity contribution is 5.63. The Morgan fingerprint density at radius 1 is 0.962 bits per heavy atom. The summed E-state index contributed by atoms with van der Waals surface area (Å²) in [6, 6.07) is 17.4. The quantitative estimate of drug-likeness (QED) is 0.764. The molecular weight excluding hydrogens is 326 g/mol. The van der Waals surface area contributed by atoms with E-state index in [4.69, 9.17) is 10.5 Å². The minimum Gasteiger partial charge on any atom is -0.472 e. The van der Waals surface area contributed by atoms with Crippen LogP contribution in [0.2, 0.25) is 0 Å². The standard InChI is InChI=1S/C20H15N5O/c21-10-17-16(9-14-5-2-1-3-6-14)18(11-22)20(25-19(17)23)26-13-15-7-4-8-24-12-15/h1-8,12H,9,13H2,(H2,23,25). The molecule has 0 aliphatic rings. The highest BCUT2D eigenvalue weighted by Gasteiger charge is 2.20. The number of aromatic nitrogens is 2. The van der Waals surface area contributed by atoms with Crippen LogP contribution in [0.3, 0.4) is 0 Å². The fraction of sp³-hybridized carbons (Fsp3) is 0.100. The first-order chi connectivity index (χ1) is 12.7. The number of ether oxygens (including phenoxy) is 1. The van der Waals surface area contributed by atoms with Gasteiger partial charge < -0.3 is 10.5 Å². The largest absolute Gasteiger partial charge is 0.472 e. The van der Waals surface area contributed by atoms with E-state index in [1.807, 2.05) is 36.4 Å². The van der Waals surface area contributed by atoms with E-state index in [-0.39, 0.29) is 29.4 Å². The molecule has 0 bridgehead atoms. The molecule has 6 heteroatoms. The Bertz CT molecular complexity index is 989. The molecule has 0 unspecified atom stereocenters. The van der Waals surface area contributed by atoms with E-state index in [1.165, 1.54) is 0 Å². The number of benzene rings is 1. The molecule has 2 heterocycles. The van der Waals surface area contributed by atoms with E-state index in [0.717, 1.165) is 11.1 Å². The summed E-state index contributed by atoms with van der Waals surface area (Å²) in [6.45, 7) is 0.200. The van der Waals surface area contributed by atoms with Gasteiger partial charge in [0, 0.05) is 29.9 Å². The van der Waals surface area contributed by atoms with Gasteiger partial charge in [-0.25, -0.2) is 0 Å². The fourth-order valence-electron chi connectivity index (χ4n) is 2.59. The molecule has 2 aromatic heterocycles. The number of nitrogens with two attached hydrogens (primary N) is 1. The molecule has 0 spiro atoms. The molecule has 2 N–H and O–H groups in total. The lowest BCUT2D eigenvalue weighted by Gasteiger charge is -2.13. The summed E-state index contributed by atoms with van der Waals surface area (Å²) in [5.74, 6) is 0.178. The minimum atomic E-state index is 0.0543. The van der Waals surface area contributed by atoms with Crippen LogP contribution in [0, 0.1) is 22.7 Å². The SMILES string of the molecule is N#Cc1c(N)nc(OCc2cccnc2)c(C#N)c1Cc1ccccc1. The third-order valence-electron chi connectivity index (χ3n) is 3.84. The maximum absolute atomic E-state index is 9.65. The monoisotopic (exact) mass is 341 g/mol. The lowest BCUT2D eigenvalue weighted by Crippen LogP contribution is -2.09. The summed E-state index contributed by atoms with van der Waals surface area (Å²) in [4.78, 5) is 8.15. The highest BCUT2D eigenvalue weighted by atomic mass is 16.5. The minimum absolute atomic E-state index is 0.0543. The van der Waals surface area contributed by atoms with Gasteiger partial charge in [0.1, 0.15) is 30.1 Å². The maximum Gasteiger partial charge on any atom is 0.234 e. The van der Waals surface area contributed by atoms with Gasteiger partial charge in [0.2, 0.25) is 5.88 Å². The molecule has 0 saturated heterocycles. The van der Waals surface area contributed by atoms with Gasteiger partial charge in [0.15, 0.2) is 0 Å². The van der Waals surface area contributed by atoms with Crippen molar-refractivity contribution in [1.29, 1.82) is 10.5 Å². The van der Waals surface area contributed by atoms with Crippen molar-refractivity contribution in [2.75, 3.05) is 5.73 Å². The van der Waals surface area contributed by atoms with Gasteiger partial charge in [-0.2, -0.15) is 15.5 Å². The molecule has 0 radical (unpaired) electrons. The third kappa shape index (κ3) is 3.61. The van der Waals surface area contributed by atoms with Gasteiger partial charge in [0.25, 0.3) is 0 Å². The molecule has 126 valence electrons. The molecule has 0 aliphatic carbocycles. The van der Waals surface area contributed by atoms with Crippen LogP contribution in [-0.2, 0) is 13.0 Å². The average molecular weight is 341 g/mol. The van der Waals surface area contributed by atoms with E-state index in [2.05, 4.69) is 22.1 Å². The molecule has 0 fully saturated rings. The number of nitrogens with zero attached hydrogens (tertiary/aromatic N) is 4. The van der Waals surface area contributed by atoms with Crippen LogP contribution < -0.4 is 10.5 Å². The van der Waals surface area contributed by atoms with Crippen molar-refractivity contribution in [3.8, 4) is 18.0 Å². The van der Waals surface area contributed by atoms with Crippen LogP contribution in [0.15, 0.2) is 54.9 Å². The zero-order valence-corrected chi connectivity index (χ0v) is 13.9. The molecule has 26 heavy (non-hydrogen) atoms. The van der Waals surface area contributed by atoms with Gasteiger partial charge in [-0.15, -0.1) is 0 Å². The summed E-state index contributed by atoms with van der Waals surface area (Å²) in [7, 11) is 0. The number of pyridine rings is 2. The molecule has 0 saturated carbocycles. The number of nitriles is 2. The number of anilines is 1. The maximum atomic E-state index is 9.65. The molecule has 0 amide bonds. The Labute approximate surface area is 151 Å². The predicted molar refractivity (Wildman–Crippen MR) is 95.9 cm³/mol. The van der Waals surface area contributed by atoms with Crippen molar-refractivity contribution in [3.63, 3.8) is 0 Å². The van der Waals surface area contributed by atoms with Crippen molar-refractivity contribution < 1.29 is 4.74 Å². The molecular formula is C20H15N5O. The van der Waals surface area contributed by atoms with Crippen molar-refractivity contribution in [2.24, 2.45) is 0 Å². The van der Waals surface area contributed by atoms with Gasteiger partial charge in [-0.05, 0) is 11.6 Å². The number of hydrogen-bond donors (Lipinski definition) is 1. The second kappa shape index (κ2) is 7.78. The Balaban J connectivity index is 2.00. The van der Waals surface area contributed by atoms with E-state index in [1.54, 1.807) is 18.5 Å². The molecule has 0 atom stereocenters. The van der Waals surface area contributed by atoms with E-state index in [9.17, 15) is 10.5 Å². The number of rotatable bonds is 5. The smallest absolute Gasteiger partial charge is 0.234 e. The van der Waals surface area contributed by atoms with Crippen LogP contribution in [0.1, 0.15) is 27.8 Å². The van der Waals surface area contributed by atoms with Crippen LogP contribution in [0.25, 0.3) is 0 Å². The summed E-state index contributed by atoms with van der Waals surface area (Å²) < 4.78 is 5.71. The van der Waals surface area contributed by atoms with Crippen LogP contribution >= 0.6 is 0 Å². The zero-order valence-electron chi connectivity index (χ0n) is 13.9. The zero-order chi connectivity index (χ0) is 18.4. The van der Waals surface area contributed by atoms with Gasteiger partial charge >= 0.3 is 0 Å². The second-order valence-electron chi connectivity index (χ2n) is 5.57. The van der Waals surface area contributed by atoms with E-state index < -0.39 is 0 Å². The Hall–Kier alpha value is -3.90. The average Bonchev–Trinajstić information content (AvgIpc) is 2.68. The second-order valence-corrected chi connectivity index (χ2v) is 5.57. The summed E-state index contributed by atoms with van der Waals surface area (Å²) in [5, 5.41) is 19.1. The van der Waals surface area contributed by atoms with Crippen LogP contribution in [0.5, 0.6) is 5.88 Å². The number of nitrogen functional groups attached to an aromatic ring is 1. The Morgan fingerprint density at radius 3 is 2.35 bits per heavy atom. The Kier molecular flexibility index (Phi) is 5.07. The molecule has 0 aliphatic heterocycles. The van der Waals surface area contributed by atoms with Crippen LogP contribution in [-0.4, -0.2) is 9.97 Å². The molecule has 1 aromatic carbocycles. The first kappa shape index (κ1) is 16.9. The van der Waals surface area contributed by atoms with Crippen molar-refractivity contribution in [2.45, 2.75) is 13.0 Å². The third-order valence-corrected chi connectivity index (χ3v) is 3.84. The van der Waals surface area contributed by atoms with Crippen LogP contribution in [0.4, 0.5) is 5.82 Å². The lowest BCUT2D eigenvalue weighted by molar-refractivity contribution is 0.292. The first-order valence-corrected chi connectivity index (χ1v) is 7.91. The first-order valence-electron chi connectivity index (χ1n) is 7.91. The van der Waals surface area contributed by atoms with Crippen molar-refractivity contribution in [1.82, 2.24) is 9.97 Å². The van der Waals surface area contributed by atoms with E-state index in [0.29, 0.717) is 12.0 Å². The normalized spacial score (nSPS) is 9.92. The fourth-order valence-corrected chi connectivity index (χ4v) is 2.59. The Morgan fingerprint density at radius 2 is 1.69 bits per heavy atom. The van der Waals surface area contributed by atoms with Gasteiger partial charge in [0.05, 0.1) is 5.56 Å². The predicted octanol–water partition coefficient (Wildman–Crippen LogP) is 2.97. The molecule has 6 nitrogen and oxygen atoms in total. The van der Waals surface area contributed by atoms with Crippen molar-refractivity contribution >= 4 is 5.82 Å². The van der Waals surface area contributed by atoms with E-state index >= 15 is 0 Å². The summed E-state index contributed by atoms with van der Waals surface area (Å²) in [6.07, 6.45) is 3.73. The van der Waals surface area contributed by atoms with Gasteiger partial charge in [-0.1, -0.05) is 36.4 Å². The summed E-state index contributed by atoms with van der Waals surface area (Å²) >= 11 is 0. The summed E-state index contributed by atoms with van der Waals surface area (Å²) in [5.41, 5.74) is 8.70. The van der Waals surface area contributed by atoms with Gasteiger partial charge in [-0.3, -0.25) is 4.98 Å². The van der Waals surface area contributed by atoms with Crippen molar-refractivity contribution in [3.05, 3.63) is 82.7 Å². The molecule has 3 rings (SSSR count). The highest BCUT2D eigenvalue weighted by Crippen LogP contribution is 2.29.